The summed E-state index contributed by atoms with van der Waals surface area (Å²) < 4.78 is 5.23. The van der Waals surface area contributed by atoms with E-state index in [-0.39, 0.29) is 18.9 Å². The summed E-state index contributed by atoms with van der Waals surface area (Å²) in [7, 11) is 1.47. The molecule has 0 saturated heterocycles. The van der Waals surface area contributed by atoms with Crippen LogP contribution in [0.5, 0.6) is 0 Å². The van der Waals surface area contributed by atoms with Crippen molar-refractivity contribution in [2.45, 2.75) is 12.3 Å². The third-order valence-electron chi connectivity index (χ3n) is 5.09. The largest absolute Gasteiger partial charge is 0.456 e. The molecule has 0 aromatic heterocycles. The molecular formula is C26H25ClN2O4. The molecule has 33 heavy (non-hydrogen) atoms. The highest BCUT2D eigenvalue weighted by molar-refractivity contribution is 6.33. The van der Waals surface area contributed by atoms with Gasteiger partial charge in [0.15, 0.2) is 6.61 Å². The Hall–Kier alpha value is -3.64. The van der Waals surface area contributed by atoms with Crippen molar-refractivity contribution in [3.8, 4) is 0 Å². The van der Waals surface area contributed by atoms with E-state index in [4.69, 9.17) is 16.3 Å². The molecule has 0 aliphatic rings. The number of anilines is 1. The third kappa shape index (κ3) is 7.19. The summed E-state index contributed by atoms with van der Waals surface area (Å²) in [6.45, 7) is -0.636. The Morgan fingerprint density at radius 2 is 1.42 bits per heavy atom. The number of rotatable bonds is 9. The Labute approximate surface area is 198 Å². The number of hydrogen-bond acceptors (Lipinski definition) is 4. The molecule has 0 radical (unpaired) electrons. The molecule has 0 fully saturated rings. The lowest BCUT2D eigenvalue weighted by atomic mass is 9.89. The van der Waals surface area contributed by atoms with Crippen molar-refractivity contribution in [3.05, 3.63) is 101 Å². The van der Waals surface area contributed by atoms with E-state index >= 15 is 0 Å². The van der Waals surface area contributed by atoms with Gasteiger partial charge in [-0.15, -0.1) is 0 Å². The predicted octanol–water partition coefficient (Wildman–Crippen LogP) is 4.50. The minimum Gasteiger partial charge on any atom is -0.456 e. The SMILES string of the molecule is CN(CC(=O)Nc1ccccc1Cl)C(=O)COC(=O)CC(c1ccccc1)c1ccccc1. The number of nitrogens with one attached hydrogen (secondary N) is 1. The van der Waals surface area contributed by atoms with Crippen LogP contribution in [0, 0.1) is 0 Å². The van der Waals surface area contributed by atoms with E-state index < -0.39 is 24.4 Å². The average Bonchev–Trinajstić information content (AvgIpc) is 2.83. The number of nitrogens with zero attached hydrogens (tertiary/aromatic N) is 1. The van der Waals surface area contributed by atoms with Crippen LogP contribution in [-0.4, -0.2) is 42.9 Å². The molecule has 0 unspecified atom stereocenters. The highest BCUT2D eigenvalue weighted by Gasteiger charge is 2.21. The van der Waals surface area contributed by atoms with E-state index in [0.717, 1.165) is 11.1 Å². The first-order valence-corrected chi connectivity index (χ1v) is 10.9. The normalized spacial score (nSPS) is 10.5. The highest BCUT2D eigenvalue weighted by Crippen LogP contribution is 2.28. The maximum Gasteiger partial charge on any atom is 0.307 e. The van der Waals surface area contributed by atoms with Crippen LogP contribution in [0.4, 0.5) is 5.69 Å². The first kappa shape index (κ1) is 24.0. The fraction of sp³-hybridized carbons (Fsp3) is 0.192. The van der Waals surface area contributed by atoms with Gasteiger partial charge in [-0.05, 0) is 23.3 Å². The number of benzene rings is 3. The lowest BCUT2D eigenvalue weighted by Gasteiger charge is -2.19. The number of amides is 2. The fourth-order valence-corrected chi connectivity index (χ4v) is 3.52. The third-order valence-corrected chi connectivity index (χ3v) is 5.42. The number of carbonyl (C=O) groups is 3. The van der Waals surface area contributed by atoms with E-state index in [1.165, 1.54) is 11.9 Å². The second-order valence-electron chi connectivity index (χ2n) is 7.52. The molecule has 6 nitrogen and oxygen atoms in total. The van der Waals surface area contributed by atoms with Crippen molar-refractivity contribution >= 4 is 35.1 Å². The zero-order chi connectivity index (χ0) is 23.6. The summed E-state index contributed by atoms with van der Waals surface area (Å²) in [6.07, 6.45) is 0.0953. The van der Waals surface area contributed by atoms with Crippen molar-refractivity contribution < 1.29 is 19.1 Å². The molecule has 0 atom stereocenters. The van der Waals surface area contributed by atoms with Crippen molar-refractivity contribution in [1.82, 2.24) is 4.90 Å². The topological polar surface area (TPSA) is 75.7 Å². The minimum atomic E-state index is -0.491. The highest BCUT2D eigenvalue weighted by atomic mass is 35.5. The fourth-order valence-electron chi connectivity index (χ4n) is 3.33. The summed E-state index contributed by atoms with van der Waals surface area (Å²) in [5.74, 6) is -1.56. The van der Waals surface area contributed by atoms with E-state index in [2.05, 4.69) is 5.32 Å². The van der Waals surface area contributed by atoms with Gasteiger partial charge in [-0.3, -0.25) is 14.4 Å². The van der Waals surface area contributed by atoms with Crippen molar-refractivity contribution in [2.75, 3.05) is 25.5 Å². The number of carbonyl (C=O) groups excluding carboxylic acids is 3. The molecule has 3 aromatic carbocycles. The number of ether oxygens (including phenoxy) is 1. The molecule has 3 aromatic rings. The number of likely N-dealkylation sites (N-methyl/N-ethyl adjacent to an activating group) is 1. The Kier molecular flexibility index (Phi) is 8.61. The van der Waals surface area contributed by atoms with E-state index in [9.17, 15) is 14.4 Å². The van der Waals surface area contributed by atoms with Crippen molar-refractivity contribution in [3.63, 3.8) is 0 Å². The van der Waals surface area contributed by atoms with Gasteiger partial charge in [0.25, 0.3) is 5.91 Å². The molecule has 0 aliphatic carbocycles. The summed E-state index contributed by atoms with van der Waals surface area (Å²) in [4.78, 5) is 38.3. The van der Waals surface area contributed by atoms with E-state index in [1.807, 2.05) is 60.7 Å². The smallest absolute Gasteiger partial charge is 0.307 e. The molecule has 0 saturated carbocycles. The Morgan fingerprint density at radius 3 is 2.00 bits per heavy atom. The van der Waals surface area contributed by atoms with Gasteiger partial charge in [-0.25, -0.2) is 0 Å². The van der Waals surface area contributed by atoms with Crippen molar-refractivity contribution in [2.24, 2.45) is 0 Å². The second-order valence-corrected chi connectivity index (χ2v) is 7.92. The zero-order valence-electron chi connectivity index (χ0n) is 18.2. The minimum absolute atomic E-state index is 0.0953. The molecular weight excluding hydrogens is 440 g/mol. The quantitative estimate of drug-likeness (QED) is 0.473. The number of hydrogen-bond donors (Lipinski definition) is 1. The Morgan fingerprint density at radius 1 is 0.879 bits per heavy atom. The Bertz CT molecular complexity index is 1050. The van der Waals surface area contributed by atoms with Crippen molar-refractivity contribution in [1.29, 1.82) is 0 Å². The van der Waals surface area contributed by atoms with Crippen LogP contribution in [0.25, 0.3) is 0 Å². The molecule has 2 amide bonds. The lowest BCUT2D eigenvalue weighted by Crippen LogP contribution is -2.37. The van der Waals surface area contributed by atoms with Gasteiger partial charge < -0.3 is 15.0 Å². The molecule has 0 bridgehead atoms. The lowest BCUT2D eigenvalue weighted by molar-refractivity contribution is -0.152. The van der Waals surface area contributed by atoms with Gasteiger partial charge in [0, 0.05) is 13.0 Å². The summed E-state index contributed by atoms with van der Waals surface area (Å²) in [5.41, 5.74) is 2.44. The molecule has 0 spiro atoms. The van der Waals surface area contributed by atoms with Crippen LogP contribution < -0.4 is 5.32 Å². The van der Waals surface area contributed by atoms with Crippen LogP contribution in [0.2, 0.25) is 5.02 Å². The van der Waals surface area contributed by atoms with Gasteiger partial charge in [0.1, 0.15) is 0 Å². The number of esters is 1. The number of para-hydroxylation sites is 1. The maximum atomic E-state index is 12.5. The zero-order valence-corrected chi connectivity index (χ0v) is 19.0. The van der Waals surface area contributed by atoms with Gasteiger partial charge in [-0.1, -0.05) is 84.4 Å². The van der Waals surface area contributed by atoms with E-state index in [1.54, 1.807) is 24.3 Å². The van der Waals surface area contributed by atoms with Gasteiger partial charge in [0.2, 0.25) is 5.91 Å². The van der Waals surface area contributed by atoms with Crippen LogP contribution in [0.3, 0.4) is 0 Å². The first-order chi connectivity index (χ1) is 15.9. The second kappa shape index (κ2) is 11.8. The molecule has 3 rings (SSSR count). The summed E-state index contributed by atoms with van der Waals surface area (Å²) >= 11 is 6.03. The van der Waals surface area contributed by atoms with Crippen LogP contribution in [0.1, 0.15) is 23.5 Å². The maximum absolute atomic E-state index is 12.5. The molecule has 0 aliphatic heterocycles. The predicted molar refractivity (Wildman–Crippen MR) is 128 cm³/mol. The van der Waals surface area contributed by atoms with Crippen LogP contribution >= 0.6 is 11.6 Å². The summed E-state index contributed by atoms with van der Waals surface area (Å²) in [5, 5.41) is 3.05. The Balaban J connectivity index is 1.53. The van der Waals surface area contributed by atoms with E-state index in [0.29, 0.717) is 10.7 Å². The van der Waals surface area contributed by atoms with Gasteiger partial charge in [0.05, 0.1) is 23.7 Å². The van der Waals surface area contributed by atoms with Gasteiger partial charge >= 0.3 is 5.97 Å². The number of halogens is 1. The van der Waals surface area contributed by atoms with Crippen LogP contribution in [0.15, 0.2) is 84.9 Å². The molecule has 7 heteroatoms. The monoisotopic (exact) mass is 464 g/mol. The van der Waals surface area contributed by atoms with Crippen LogP contribution in [-0.2, 0) is 19.1 Å². The molecule has 0 heterocycles. The first-order valence-electron chi connectivity index (χ1n) is 10.5. The van der Waals surface area contributed by atoms with Gasteiger partial charge in [-0.2, -0.15) is 0 Å². The molecule has 1 N–H and O–H groups in total. The average molecular weight is 465 g/mol. The standard InChI is InChI=1S/C26H25ClN2O4/c1-29(17-24(30)28-23-15-9-8-14-22(23)27)25(31)18-33-26(32)16-21(19-10-4-2-5-11-19)20-12-6-3-7-13-20/h2-15,21H,16-18H2,1H3,(H,28,30). The summed E-state index contributed by atoms with van der Waals surface area (Å²) in [6, 6.07) is 26.2. The molecule has 170 valence electrons.